The zero-order valence-electron chi connectivity index (χ0n) is 9.84. The number of hydrogen-bond donors (Lipinski definition) is 0. The van der Waals surface area contributed by atoms with E-state index >= 15 is 0 Å². The lowest BCUT2D eigenvalue weighted by molar-refractivity contribution is 0.0747. The van der Waals surface area contributed by atoms with Gasteiger partial charge in [-0.15, -0.1) is 0 Å². The average molecular weight is 333 g/mol. The minimum absolute atomic E-state index is 0.0523. The Labute approximate surface area is 114 Å². The fourth-order valence-electron chi connectivity index (χ4n) is 1.98. The molecule has 1 amide bonds. The van der Waals surface area contributed by atoms with Gasteiger partial charge in [-0.3, -0.25) is 9.78 Å². The molecule has 1 fully saturated rings. The number of aromatic nitrogens is 1. The summed E-state index contributed by atoms with van der Waals surface area (Å²) in [5.74, 6) is 0.00813. The molecule has 0 N–H and O–H groups in total. The molecule has 0 aromatic carbocycles. The van der Waals surface area contributed by atoms with Crippen LogP contribution in [0.3, 0.4) is 0 Å². The number of sulfone groups is 1. The average Bonchev–Trinajstić information content (AvgIpc) is 2.68. The van der Waals surface area contributed by atoms with Crippen LogP contribution in [-0.4, -0.2) is 48.8 Å². The first-order valence-electron chi connectivity index (χ1n) is 5.47. The van der Waals surface area contributed by atoms with E-state index < -0.39 is 9.84 Å². The highest BCUT2D eigenvalue weighted by Crippen LogP contribution is 2.19. The minimum atomic E-state index is -2.98. The summed E-state index contributed by atoms with van der Waals surface area (Å²) in [6, 6.07) is 1.44. The summed E-state index contributed by atoms with van der Waals surface area (Å²) < 4.78 is 23.5. The SMILES string of the molecule is CN(C(=O)c1cncc(Br)c1)[C@H]1CCS(=O)(=O)C1. The van der Waals surface area contributed by atoms with Gasteiger partial charge in [0.25, 0.3) is 5.91 Å². The summed E-state index contributed by atoms with van der Waals surface area (Å²) in [5.41, 5.74) is 0.455. The maximum atomic E-state index is 12.2. The molecular weight excluding hydrogens is 320 g/mol. The minimum Gasteiger partial charge on any atom is -0.338 e. The van der Waals surface area contributed by atoms with Crippen molar-refractivity contribution in [3.05, 3.63) is 28.5 Å². The van der Waals surface area contributed by atoms with E-state index in [1.54, 1.807) is 19.3 Å². The van der Waals surface area contributed by atoms with Crippen molar-refractivity contribution in [1.29, 1.82) is 0 Å². The van der Waals surface area contributed by atoms with Crippen molar-refractivity contribution in [3.63, 3.8) is 0 Å². The second-order valence-corrected chi connectivity index (χ2v) is 7.51. The third kappa shape index (κ3) is 2.89. The Bertz CT molecular complexity index is 573. The quantitative estimate of drug-likeness (QED) is 0.813. The molecule has 0 unspecified atom stereocenters. The summed E-state index contributed by atoms with van der Waals surface area (Å²) in [6.45, 7) is 0. The topological polar surface area (TPSA) is 67.3 Å². The van der Waals surface area contributed by atoms with E-state index in [1.165, 1.54) is 11.1 Å². The number of rotatable bonds is 2. The molecule has 1 aromatic heterocycles. The molecule has 0 spiro atoms. The Morgan fingerprint density at radius 3 is 2.78 bits per heavy atom. The zero-order valence-corrected chi connectivity index (χ0v) is 12.2. The summed E-state index contributed by atoms with van der Waals surface area (Å²) in [6.07, 6.45) is 3.58. The van der Waals surface area contributed by atoms with Crippen LogP contribution < -0.4 is 0 Å². The van der Waals surface area contributed by atoms with E-state index in [1.807, 2.05) is 0 Å². The smallest absolute Gasteiger partial charge is 0.255 e. The predicted octanol–water partition coefficient (Wildman–Crippen LogP) is 1.10. The largest absolute Gasteiger partial charge is 0.338 e. The molecule has 0 bridgehead atoms. The summed E-state index contributed by atoms with van der Waals surface area (Å²) in [4.78, 5) is 17.6. The summed E-state index contributed by atoms with van der Waals surface area (Å²) >= 11 is 3.25. The van der Waals surface area contributed by atoms with Crippen molar-refractivity contribution in [2.75, 3.05) is 18.6 Å². The molecule has 98 valence electrons. The Kier molecular flexibility index (Phi) is 3.72. The first-order chi connectivity index (χ1) is 8.39. The number of amides is 1. The molecule has 1 saturated heterocycles. The molecule has 0 aliphatic carbocycles. The maximum Gasteiger partial charge on any atom is 0.255 e. The van der Waals surface area contributed by atoms with Gasteiger partial charge >= 0.3 is 0 Å². The van der Waals surface area contributed by atoms with E-state index in [0.717, 1.165) is 4.47 Å². The van der Waals surface area contributed by atoms with Crippen LogP contribution in [0.2, 0.25) is 0 Å². The van der Waals surface area contributed by atoms with E-state index in [0.29, 0.717) is 12.0 Å². The van der Waals surface area contributed by atoms with Gasteiger partial charge in [-0.05, 0) is 28.4 Å². The van der Waals surface area contributed by atoms with E-state index in [4.69, 9.17) is 0 Å². The molecule has 18 heavy (non-hydrogen) atoms. The number of carbonyl (C=O) groups excluding carboxylic acids is 1. The van der Waals surface area contributed by atoms with Crippen LogP contribution >= 0.6 is 15.9 Å². The molecular formula is C11H13BrN2O3S. The number of halogens is 1. The van der Waals surface area contributed by atoms with Crippen LogP contribution in [0.5, 0.6) is 0 Å². The number of hydrogen-bond acceptors (Lipinski definition) is 4. The van der Waals surface area contributed by atoms with Crippen LogP contribution in [0.1, 0.15) is 16.8 Å². The van der Waals surface area contributed by atoms with Gasteiger partial charge in [0.2, 0.25) is 0 Å². The lowest BCUT2D eigenvalue weighted by atomic mass is 10.2. The Balaban J connectivity index is 2.15. The monoisotopic (exact) mass is 332 g/mol. The second kappa shape index (κ2) is 4.97. The number of nitrogens with zero attached hydrogens (tertiary/aromatic N) is 2. The molecule has 0 radical (unpaired) electrons. The van der Waals surface area contributed by atoms with Crippen molar-refractivity contribution in [1.82, 2.24) is 9.88 Å². The maximum absolute atomic E-state index is 12.2. The van der Waals surface area contributed by atoms with Crippen LogP contribution in [0.4, 0.5) is 0 Å². The van der Waals surface area contributed by atoms with Crippen molar-refractivity contribution in [2.24, 2.45) is 0 Å². The lowest BCUT2D eigenvalue weighted by Gasteiger charge is -2.23. The van der Waals surface area contributed by atoms with Crippen LogP contribution in [-0.2, 0) is 9.84 Å². The standard InChI is InChI=1S/C11H13BrN2O3S/c1-14(10-2-3-18(16,17)7-10)11(15)8-4-9(12)6-13-5-8/h4-6,10H,2-3,7H2,1H3/t10-/m0/s1. The van der Waals surface area contributed by atoms with Crippen molar-refractivity contribution in [3.8, 4) is 0 Å². The molecule has 1 atom stereocenters. The lowest BCUT2D eigenvalue weighted by Crippen LogP contribution is -2.37. The van der Waals surface area contributed by atoms with Gasteiger partial charge < -0.3 is 4.90 Å². The fourth-order valence-corrected chi connectivity index (χ4v) is 4.12. The summed E-state index contributed by atoms with van der Waals surface area (Å²) in [7, 11) is -1.35. The van der Waals surface area contributed by atoms with Gasteiger partial charge in [0.05, 0.1) is 17.1 Å². The molecule has 2 rings (SSSR count). The van der Waals surface area contributed by atoms with Gasteiger partial charge in [-0.1, -0.05) is 0 Å². The van der Waals surface area contributed by atoms with Gasteiger partial charge in [-0.25, -0.2) is 8.42 Å². The zero-order chi connectivity index (χ0) is 13.3. The second-order valence-electron chi connectivity index (χ2n) is 4.36. The van der Waals surface area contributed by atoms with E-state index in [-0.39, 0.29) is 23.5 Å². The Morgan fingerprint density at radius 2 is 2.22 bits per heavy atom. The molecule has 7 heteroatoms. The number of pyridine rings is 1. The Morgan fingerprint density at radius 1 is 1.50 bits per heavy atom. The van der Waals surface area contributed by atoms with Crippen molar-refractivity contribution < 1.29 is 13.2 Å². The molecule has 1 aliphatic heterocycles. The molecule has 1 aromatic rings. The third-order valence-corrected chi connectivity index (χ3v) is 5.21. The van der Waals surface area contributed by atoms with E-state index in [2.05, 4.69) is 20.9 Å². The first-order valence-corrected chi connectivity index (χ1v) is 8.08. The van der Waals surface area contributed by atoms with Gasteiger partial charge in [0.1, 0.15) is 0 Å². The van der Waals surface area contributed by atoms with Crippen molar-refractivity contribution in [2.45, 2.75) is 12.5 Å². The van der Waals surface area contributed by atoms with Crippen LogP contribution in [0.15, 0.2) is 22.9 Å². The van der Waals surface area contributed by atoms with Gasteiger partial charge in [0.15, 0.2) is 9.84 Å². The van der Waals surface area contributed by atoms with Gasteiger partial charge in [0, 0.05) is 30.0 Å². The Hall–Kier alpha value is -0.950. The van der Waals surface area contributed by atoms with Gasteiger partial charge in [-0.2, -0.15) is 0 Å². The third-order valence-electron chi connectivity index (χ3n) is 3.03. The molecule has 2 heterocycles. The molecule has 0 saturated carbocycles. The number of carbonyl (C=O) groups is 1. The fraction of sp³-hybridized carbons (Fsp3) is 0.455. The normalized spacial score (nSPS) is 21.8. The van der Waals surface area contributed by atoms with Crippen molar-refractivity contribution >= 4 is 31.7 Å². The predicted molar refractivity (Wildman–Crippen MR) is 71.1 cm³/mol. The van der Waals surface area contributed by atoms with E-state index in [9.17, 15) is 13.2 Å². The first kappa shape index (κ1) is 13.5. The molecule has 1 aliphatic rings. The highest BCUT2D eigenvalue weighted by Gasteiger charge is 2.33. The highest BCUT2D eigenvalue weighted by atomic mass is 79.9. The van der Waals surface area contributed by atoms with Crippen LogP contribution in [0.25, 0.3) is 0 Å². The highest BCUT2D eigenvalue weighted by molar-refractivity contribution is 9.10. The summed E-state index contributed by atoms with van der Waals surface area (Å²) in [5, 5.41) is 0. The van der Waals surface area contributed by atoms with Crippen LogP contribution in [0, 0.1) is 0 Å². The molecule has 5 nitrogen and oxygen atoms in total.